The number of hydrogen-bond acceptors (Lipinski definition) is 5. The van der Waals surface area contributed by atoms with Gasteiger partial charge >= 0.3 is 5.97 Å². The summed E-state index contributed by atoms with van der Waals surface area (Å²) >= 11 is 0. The summed E-state index contributed by atoms with van der Waals surface area (Å²) in [6.45, 7) is 7.11. The Hall–Kier alpha value is -2.59. The molecule has 3 rings (SSSR count). The number of likely N-dealkylation sites (tertiary alicyclic amines) is 1. The van der Waals surface area contributed by atoms with Crippen LogP contribution in [0.2, 0.25) is 0 Å². The van der Waals surface area contributed by atoms with E-state index in [9.17, 15) is 20.0 Å². The molecule has 0 saturated carbocycles. The van der Waals surface area contributed by atoms with Gasteiger partial charge in [-0.2, -0.15) is 5.26 Å². The minimum atomic E-state index is -0.960. The molecule has 1 aromatic rings. The molecule has 2 heterocycles. The van der Waals surface area contributed by atoms with Crippen LogP contribution in [-0.4, -0.2) is 53.2 Å². The summed E-state index contributed by atoms with van der Waals surface area (Å²) in [7, 11) is 0. The molecule has 7 nitrogen and oxygen atoms in total. The normalized spacial score (nSPS) is 24.3. The van der Waals surface area contributed by atoms with Crippen molar-refractivity contribution in [3.05, 3.63) is 29.3 Å². The SMILES string of the molecule is CC(C)(C)c1cc(C(=O)O)ccc1OCC1CCC(C(=O)N2CCCC2C#N)N1. The average molecular weight is 399 g/mol. The quantitative estimate of drug-likeness (QED) is 0.789. The predicted octanol–water partition coefficient (Wildman–Crippen LogP) is 2.70. The number of nitrogens with zero attached hydrogens (tertiary/aromatic N) is 2. The van der Waals surface area contributed by atoms with Gasteiger partial charge in [-0.25, -0.2) is 4.79 Å². The van der Waals surface area contributed by atoms with Crippen molar-refractivity contribution in [1.29, 1.82) is 5.26 Å². The van der Waals surface area contributed by atoms with E-state index < -0.39 is 5.97 Å². The highest BCUT2D eigenvalue weighted by Crippen LogP contribution is 2.33. The maximum atomic E-state index is 12.7. The monoisotopic (exact) mass is 399 g/mol. The van der Waals surface area contributed by atoms with Gasteiger partial charge in [0.25, 0.3) is 0 Å². The van der Waals surface area contributed by atoms with Gasteiger partial charge in [-0.15, -0.1) is 0 Å². The van der Waals surface area contributed by atoms with E-state index in [4.69, 9.17) is 4.74 Å². The molecule has 1 amide bonds. The van der Waals surface area contributed by atoms with Crippen molar-refractivity contribution >= 4 is 11.9 Å². The lowest BCUT2D eigenvalue weighted by Gasteiger charge is -2.25. The lowest BCUT2D eigenvalue weighted by molar-refractivity contribution is -0.133. The second-order valence-electron chi connectivity index (χ2n) is 8.89. The van der Waals surface area contributed by atoms with Gasteiger partial charge in [-0.3, -0.25) is 10.1 Å². The Morgan fingerprint density at radius 1 is 1.31 bits per heavy atom. The van der Waals surface area contributed by atoms with Gasteiger partial charge in [-0.05, 0) is 49.3 Å². The Labute approximate surface area is 171 Å². The van der Waals surface area contributed by atoms with E-state index in [0.717, 1.165) is 31.2 Å². The largest absolute Gasteiger partial charge is 0.492 e. The molecule has 0 radical (unpaired) electrons. The van der Waals surface area contributed by atoms with Crippen molar-refractivity contribution in [1.82, 2.24) is 10.2 Å². The van der Waals surface area contributed by atoms with Crippen LogP contribution in [-0.2, 0) is 10.2 Å². The van der Waals surface area contributed by atoms with Crippen LogP contribution in [0.5, 0.6) is 5.75 Å². The van der Waals surface area contributed by atoms with Crippen LogP contribution < -0.4 is 10.1 Å². The molecular weight excluding hydrogens is 370 g/mol. The lowest BCUT2D eigenvalue weighted by Crippen LogP contribution is -2.47. The number of carbonyl (C=O) groups excluding carboxylic acids is 1. The topological polar surface area (TPSA) is 103 Å². The van der Waals surface area contributed by atoms with Gasteiger partial charge < -0.3 is 14.7 Å². The lowest BCUT2D eigenvalue weighted by atomic mass is 9.85. The zero-order valence-corrected chi connectivity index (χ0v) is 17.3. The minimum absolute atomic E-state index is 0.0118. The van der Waals surface area contributed by atoms with Gasteiger partial charge in [0.2, 0.25) is 5.91 Å². The van der Waals surface area contributed by atoms with Gasteiger partial charge in [0, 0.05) is 18.2 Å². The molecular formula is C22H29N3O4. The Balaban J connectivity index is 1.62. The number of aromatic carboxylic acids is 1. The molecule has 156 valence electrons. The zero-order chi connectivity index (χ0) is 21.2. The summed E-state index contributed by atoms with van der Waals surface area (Å²) in [4.78, 5) is 25.7. The smallest absolute Gasteiger partial charge is 0.335 e. The molecule has 2 fully saturated rings. The van der Waals surface area contributed by atoms with Crippen LogP contribution in [0.15, 0.2) is 18.2 Å². The number of nitriles is 1. The number of carboxylic acid groups (broad SMARTS) is 1. The van der Waals surface area contributed by atoms with Gasteiger partial charge in [-0.1, -0.05) is 20.8 Å². The van der Waals surface area contributed by atoms with Crippen molar-refractivity contribution in [3.8, 4) is 11.8 Å². The third-order valence-electron chi connectivity index (χ3n) is 5.70. The summed E-state index contributed by atoms with van der Waals surface area (Å²) in [5.41, 5.74) is 0.825. The third-order valence-corrected chi connectivity index (χ3v) is 5.70. The van der Waals surface area contributed by atoms with Crippen molar-refractivity contribution in [2.75, 3.05) is 13.2 Å². The zero-order valence-electron chi connectivity index (χ0n) is 17.3. The van der Waals surface area contributed by atoms with E-state index in [0.29, 0.717) is 18.9 Å². The number of benzene rings is 1. The van der Waals surface area contributed by atoms with E-state index >= 15 is 0 Å². The molecule has 2 aliphatic heterocycles. The first-order valence-corrected chi connectivity index (χ1v) is 10.2. The predicted molar refractivity (Wildman–Crippen MR) is 108 cm³/mol. The number of amides is 1. The van der Waals surface area contributed by atoms with Crippen LogP contribution in [0.3, 0.4) is 0 Å². The van der Waals surface area contributed by atoms with E-state index in [1.165, 1.54) is 0 Å². The summed E-state index contributed by atoms with van der Waals surface area (Å²) in [5, 5.41) is 21.8. The minimum Gasteiger partial charge on any atom is -0.492 e. The number of ether oxygens (including phenoxy) is 1. The Bertz CT molecular complexity index is 824. The molecule has 0 aliphatic carbocycles. The summed E-state index contributed by atoms with van der Waals surface area (Å²) in [5.74, 6) is -0.278. The van der Waals surface area contributed by atoms with Crippen molar-refractivity contribution in [2.45, 2.75) is 70.0 Å². The fourth-order valence-corrected chi connectivity index (χ4v) is 4.08. The highest BCUT2D eigenvalue weighted by atomic mass is 16.5. The first-order valence-electron chi connectivity index (χ1n) is 10.2. The van der Waals surface area contributed by atoms with Crippen molar-refractivity contribution in [3.63, 3.8) is 0 Å². The van der Waals surface area contributed by atoms with Gasteiger partial charge in [0.05, 0.1) is 17.7 Å². The Kier molecular flexibility index (Phi) is 6.13. The number of carboxylic acids is 1. The molecule has 0 spiro atoms. The van der Waals surface area contributed by atoms with E-state index in [-0.39, 0.29) is 35.0 Å². The number of hydrogen-bond donors (Lipinski definition) is 2. The first kappa shape index (κ1) is 21.1. The maximum Gasteiger partial charge on any atom is 0.335 e. The van der Waals surface area contributed by atoms with E-state index in [1.54, 1.807) is 23.1 Å². The Morgan fingerprint density at radius 3 is 2.72 bits per heavy atom. The van der Waals surface area contributed by atoms with Crippen LogP contribution in [0.1, 0.15) is 62.4 Å². The maximum absolute atomic E-state index is 12.7. The summed E-state index contributed by atoms with van der Waals surface area (Å²) in [6.07, 6.45) is 3.18. The number of carbonyl (C=O) groups is 2. The molecule has 3 atom stereocenters. The molecule has 0 bridgehead atoms. The second-order valence-corrected chi connectivity index (χ2v) is 8.89. The molecule has 0 aromatic heterocycles. The molecule has 2 N–H and O–H groups in total. The summed E-state index contributed by atoms with van der Waals surface area (Å²) in [6, 6.07) is 6.62. The fourth-order valence-electron chi connectivity index (χ4n) is 4.08. The molecule has 3 unspecified atom stereocenters. The molecule has 7 heteroatoms. The molecule has 29 heavy (non-hydrogen) atoms. The van der Waals surface area contributed by atoms with Crippen molar-refractivity contribution in [2.24, 2.45) is 0 Å². The van der Waals surface area contributed by atoms with E-state index in [2.05, 4.69) is 11.4 Å². The average Bonchev–Trinajstić information content (AvgIpc) is 3.34. The highest BCUT2D eigenvalue weighted by Gasteiger charge is 2.37. The standard InChI is InChI=1S/C22H29N3O4/c1-22(2,3)17-11-14(21(27)28)6-9-19(17)29-13-15-7-8-18(24-15)20(26)25-10-4-5-16(25)12-23/h6,9,11,15-16,18,24H,4-5,7-8,10,13H2,1-3H3,(H,27,28). The van der Waals surface area contributed by atoms with Crippen LogP contribution in [0.4, 0.5) is 0 Å². The molecule has 2 saturated heterocycles. The number of rotatable bonds is 5. The second kappa shape index (κ2) is 8.42. The Morgan fingerprint density at radius 2 is 2.07 bits per heavy atom. The van der Waals surface area contributed by atoms with Crippen LogP contribution in [0, 0.1) is 11.3 Å². The van der Waals surface area contributed by atoms with Crippen LogP contribution in [0.25, 0.3) is 0 Å². The van der Waals surface area contributed by atoms with Crippen LogP contribution >= 0.6 is 0 Å². The molecule has 1 aromatic carbocycles. The van der Waals surface area contributed by atoms with E-state index in [1.807, 2.05) is 20.8 Å². The fraction of sp³-hybridized carbons (Fsp3) is 0.591. The van der Waals surface area contributed by atoms with Gasteiger partial charge in [0.1, 0.15) is 18.4 Å². The highest BCUT2D eigenvalue weighted by molar-refractivity contribution is 5.88. The molecule has 2 aliphatic rings. The number of nitrogens with one attached hydrogen (secondary N) is 1. The third kappa shape index (κ3) is 4.70. The van der Waals surface area contributed by atoms with Crippen molar-refractivity contribution < 1.29 is 19.4 Å². The van der Waals surface area contributed by atoms with Gasteiger partial charge in [0.15, 0.2) is 0 Å². The summed E-state index contributed by atoms with van der Waals surface area (Å²) < 4.78 is 6.05. The first-order chi connectivity index (χ1) is 13.7.